The predicted molar refractivity (Wildman–Crippen MR) is 62.2 cm³/mol. The van der Waals surface area contributed by atoms with Crippen LogP contribution in [0.3, 0.4) is 0 Å². The Balaban J connectivity index is 2.36. The normalized spacial score (nSPS) is 10.3. The lowest BCUT2D eigenvalue weighted by atomic mass is 10.3. The second-order valence-electron chi connectivity index (χ2n) is 3.45. The van der Waals surface area contributed by atoms with Crippen molar-refractivity contribution in [1.82, 2.24) is 9.97 Å². The van der Waals surface area contributed by atoms with Gasteiger partial charge in [-0.15, -0.1) is 0 Å². The fourth-order valence-corrected chi connectivity index (χ4v) is 1.53. The third-order valence-electron chi connectivity index (χ3n) is 2.29. The van der Waals surface area contributed by atoms with Crippen LogP contribution in [0.4, 0.5) is 17.3 Å². The molecule has 0 saturated heterocycles. The summed E-state index contributed by atoms with van der Waals surface area (Å²) < 4.78 is 0. The van der Waals surface area contributed by atoms with Gasteiger partial charge in [-0.25, -0.2) is 4.98 Å². The van der Waals surface area contributed by atoms with Gasteiger partial charge in [-0.3, -0.25) is 0 Å². The number of nitrogens with two attached hydrogens (primary N) is 1. The predicted octanol–water partition coefficient (Wildman–Crippen LogP) is 2.07. The van der Waals surface area contributed by atoms with E-state index in [2.05, 4.69) is 9.97 Å². The van der Waals surface area contributed by atoms with Gasteiger partial charge in [-0.1, -0.05) is 18.2 Å². The van der Waals surface area contributed by atoms with Crippen LogP contribution < -0.4 is 10.6 Å². The van der Waals surface area contributed by atoms with E-state index < -0.39 is 0 Å². The highest BCUT2D eigenvalue weighted by Gasteiger charge is 2.10. The Labute approximate surface area is 88.7 Å². The zero-order valence-corrected chi connectivity index (χ0v) is 8.86. The number of nitrogens with one attached hydrogen (secondary N) is 1. The molecule has 0 unspecified atom stereocenters. The molecule has 0 spiro atoms. The number of rotatable bonds is 2. The molecule has 1 heterocycles. The number of aromatic amines is 1. The van der Waals surface area contributed by atoms with Crippen LogP contribution in [0, 0.1) is 6.92 Å². The van der Waals surface area contributed by atoms with Crippen LogP contribution in [0.25, 0.3) is 0 Å². The second kappa shape index (κ2) is 3.65. The molecule has 0 amide bonds. The average Bonchev–Trinajstić information content (AvgIpc) is 2.58. The van der Waals surface area contributed by atoms with Gasteiger partial charge >= 0.3 is 0 Å². The summed E-state index contributed by atoms with van der Waals surface area (Å²) >= 11 is 0. The Morgan fingerprint density at radius 1 is 1.27 bits per heavy atom. The number of para-hydroxylation sites is 1. The number of anilines is 3. The molecule has 3 N–H and O–H groups in total. The maximum Gasteiger partial charge on any atom is 0.175 e. The van der Waals surface area contributed by atoms with Gasteiger partial charge in [0, 0.05) is 12.7 Å². The molecule has 0 fully saturated rings. The largest absolute Gasteiger partial charge is 0.382 e. The number of nitrogen functional groups attached to an aromatic ring is 1. The van der Waals surface area contributed by atoms with Gasteiger partial charge in [0.1, 0.15) is 11.6 Å². The minimum Gasteiger partial charge on any atom is -0.382 e. The molecule has 4 nitrogen and oxygen atoms in total. The molecule has 0 radical (unpaired) electrons. The number of hydrogen-bond acceptors (Lipinski definition) is 3. The van der Waals surface area contributed by atoms with Gasteiger partial charge in [0.15, 0.2) is 5.82 Å². The first-order valence-corrected chi connectivity index (χ1v) is 4.79. The topological polar surface area (TPSA) is 57.9 Å². The fourth-order valence-electron chi connectivity index (χ4n) is 1.53. The first-order chi connectivity index (χ1) is 7.18. The summed E-state index contributed by atoms with van der Waals surface area (Å²) in [5.74, 6) is 2.18. The monoisotopic (exact) mass is 202 g/mol. The van der Waals surface area contributed by atoms with E-state index in [9.17, 15) is 0 Å². The highest BCUT2D eigenvalue weighted by atomic mass is 15.2. The summed E-state index contributed by atoms with van der Waals surface area (Å²) in [4.78, 5) is 9.27. The van der Waals surface area contributed by atoms with Gasteiger partial charge in [0.25, 0.3) is 0 Å². The third kappa shape index (κ3) is 1.79. The van der Waals surface area contributed by atoms with E-state index in [-0.39, 0.29) is 0 Å². The van der Waals surface area contributed by atoms with Gasteiger partial charge in [-0.2, -0.15) is 0 Å². The molecule has 2 aromatic rings. The van der Waals surface area contributed by atoms with Crippen LogP contribution in [0.5, 0.6) is 0 Å². The number of nitrogens with zero attached hydrogens (tertiary/aromatic N) is 2. The van der Waals surface area contributed by atoms with E-state index >= 15 is 0 Å². The second-order valence-corrected chi connectivity index (χ2v) is 3.45. The van der Waals surface area contributed by atoms with Crippen LogP contribution in [0.1, 0.15) is 5.82 Å². The molecule has 0 aliphatic carbocycles. The van der Waals surface area contributed by atoms with Crippen LogP contribution in [-0.4, -0.2) is 17.0 Å². The highest BCUT2D eigenvalue weighted by molar-refractivity contribution is 5.68. The molecule has 15 heavy (non-hydrogen) atoms. The molecular formula is C11H14N4. The van der Waals surface area contributed by atoms with Crippen molar-refractivity contribution >= 4 is 17.3 Å². The minimum atomic E-state index is 0.596. The standard InChI is InChI=1S/C11H14N4/c1-8-13-10(12)11(14-8)15(2)9-6-4-3-5-7-9/h3-7H,12H2,1-2H3,(H,13,14). The zero-order valence-electron chi connectivity index (χ0n) is 8.86. The van der Waals surface area contributed by atoms with Crippen molar-refractivity contribution in [3.63, 3.8) is 0 Å². The van der Waals surface area contributed by atoms with E-state index in [1.54, 1.807) is 0 Å². The van der Waals surface area contributed by atoms with Crippen LogP contribution in [0.2, 0.25) is 0 Å². The minimum absolute atomic E-state index is 0.596. The van der Waals surface area contributed by atoms with Crippen LogP contribution in [-0.2, 0) is 0 Å². The van der Waals surface area contributed by atoms with Crippen molar-refractivity contribution in [1.29, 1.82) is 0 Å². The lowest BCUT2D eigenvalue weighted by Gasteiger charge is -2.16. The number of aromatic nitrogens is 2. The quantitative estimate of drug-likeness (QED) is 0.783. The zero-order chi connectivity index (χ0) is 10.8. The molecule has 0 atom stereocenters. The van der Waals surface area contributed by atoms with Crippen molar-refractivity contribution in [2.75, 3.05) is 17.7 Å². The number of H-pyrrole nitrogens is 1. The van der Waals surface area contributed by atoms with Crippen LogP contribution >= 0.6 is 0 Å². The van der Waals surface area contributed by atoms with E-state index in [4.69, 9.17) is 5.73 Å². The number of imidazole rings is 1. The summed E-state index contributed by atoms with van der Waals surface area (Å²) in [6, 6.07) is 9.99. The fraction of sp³-hybridized carbons (Fsp3) is 0.182. The highest BCUT2D eigenvalue weighted by Crippen LogP contribution is 2.25. The molecule has 1 aromatic heterocycles. The van der Waals surface area contributed by atoms with E-state index in [1.165, 1.54) is 0 Å². The molecule has 78 valence electrons. The first-order valence-electron chi connectivity index (χ1n) is 4.79. The first kappa shape index (κ1) is 9.58. The van der Waals surface area contributed by atoms with E-state index in [0.717, 1.165) is 17.3 Å². The molecule has 0 aliphatic heterocycles. The number of hydrogen-bond donors (Lipinski definition) is 2. The molecule has 0 aliphatic rings. The van der Waals surface area contributed by atoms with Crippen molar-refractivity contribution < 1.29 is 0 Å². The van der Waals surface area contributed by atoms with Crippen molar-refractivity contribution in [2.24, 2.45) is 0 Å². The Morgan fingerprint density at radius 3 is 2.47 bits per heavy atom. The molecule has 1 aromatic carbocycles. The average molecular weight is 202 g/mol. The third-order valence-corrected chi connectivity index (χ3v) is 2.29. The van der Waals surface area contributed by atoms with E-state index in [0.29, 0.717) is 5.82 Å². The Hall–Kier alpha value is -1.97. The van der Waals surface area contributed by atoms with Gasteiger partial charge in [0.2, 0.25) is 0 Å². The SMILES string of the molecule is Cc1nc(N(C)c2ccccc2)c(N)[nH]1. The summed E-state index contributed by atoms with van der Waals surface area (Å²) in [6.45, 7) is 1.89. The van der Waals surface area contributed by atoms with Crippen LogP contribution in [0.15, 0.2) is 30.3 Å². The summed E-state index contributed by atoms with van der Waals surface area (Å²) in [5.41, 5.74) is 6.89. The lowest BCUT2D eigenvalue weighted by Crippen LogP contribution is -2.11. The summed E-state index contributed by atoms with van der Waals surface area (Å²) in [7, 11) is 1.95. The van der Waals surface area contributed by atoms with Gasteiger partial charge in [0.05, 0.1) is 0 Å². The molecule has 0 bridgehead atoms. The van der Waals surface area contributed by atoms with Crippen molar-refractivity contribution in [3.8, 4) is 0 Å². The summed E-state index contributed by atoms with van der Waals surface area (Å²) in [6.07, 6.45) is 0. The lowest BCUT2D eigenvalue weighted by molar-refractivity contribution is 1.11. The van der Waals surface area contributed by atoms with Crippen molar-refractivity contribution in [2.45, 2.75) is 6.92 Å². The Morgan fingerprint density at radius 2 is 1.93 bits per heavy atom. The molecule has 4 heteroatoms. The maximum absolute atomic E-state index is 5.82. The molecule has 0 saturated carbocycles. The van der Waals surface area contributed by atoms with Gasteiger partial charge < -0.3 is 15.6 Å². The van der Waals surface area contributed by atoms with Crippen molar-refractivity contribution in [3.05, 3.63) is 36.2 Å². The van der Waals surface area contributed by atoms with Gasteiger partial charge in [-0.05, 0) is 19.1 Å². The molecule has 2 rings (SSSR count). The van der Waals surface area contributed by atoms with E-state index in [1.807, 2.05) is 49.2 Å². The summed E-state index contributed by atoms with van der Waals surface area (Å²) in [5, 5.41) is 0. The smallest absolute Gasteiger partial charge is 0.175 e. The maximum atomic E-state index is 5.82. The Kier molecular flexibility index (Phi) is 2.33. The number of benzene rings is 1. The molecular weight excluding hydrogens is 188 g/mol. The number of aryl methyl sites for hydroxylation is 1. The Bertz CT molecular complexity index is 447.